The summed E-state index contributed by atoms with van der Waals surface area (Å²) in [5, 5.41) is 12.4. The molecule has 0 fully saturated rings. The SMILES string of the molecule is Nc1ncc(C(O)c2sccc2Br)s1. The van der Waals surface area contributed by atoms with Crippen molar-refractivity contribution in [2.24, 2.45) is 0 Å². The molecule has 0 aliphatic carbocycles. The largest absolute Gasteiger partial charge is 0.382 e. The predicted octanol–water partition coefficient (Wildman–Crippen LogP) is 2.63. The fourth-order valence-corrected chi connectivity index (χ4v) is 3.40. The first-order chi connectivity index (χ1) is 6.68. The minimum atomic E-state index is -0.626. The number of thiazole rings is 1. The number of hydrogen-bond donors (Lipinski definition) is 2. The predicted molar refractivity (Wildman–Crippen MR) is 62.6 cm³/mol. The number of nitrogen functional groups attached to an aromatic ring is 1. The van der Waals surface area contributed by atoms with E-state index < -0.39 is 6.10 Å². The Morgan fingerprint density at radius 3 is 2.86 bits per heavy atom. The van der Waals surface area contributed by atoms with Crippen molar-refractivity contribution in [3.05, 3.63) is 31.9 Å². The van der Waals surface area contributed by atoms with Crippen molar-refractivity contribution in [3.63, 3.8) is 0 Å². The molecule has 0 bridgehead atoms. The molecule has 74 valence electrons. The van der Waals surface area contributed by atoms with Gasteiger partial charge < -0.3 is 10.8 Å². The molecular weight excluding hydrogens is 284 g/mol. The second kappa shape index (κ2) is 3.98. The van der Waals surface area contributed by atoms with E-state index in [2.05, 4.69) is 20.9 Å². The van der Waals surface area contributed by atoms with E-state index in [9.17, 15) is 5.11 Å². The first-order valence-corrected chi connectivity index (χ1v) is 6.29. The smallest absolute Gasteiger partial charge is 0.180 e. The van der Waals surface area contributed by atoms with Crippen LogP contribution in [-0.4, -0.2) is 10.1 Å². The van der Waals surface area contributed by atoms with Crippen molar-refractivity contribution >= 4 is 43.7 Å². The van der Waals surface area contributed by atoms with E-state index in [0.29, 0.717) is 5.13 Å². The number of aliphatic hydroxyl groups excluding tert-OH is 1. The van der Waals surface area contributed by atoms with E-state index in [-0.39, 0.29) is 0 Å². The summed E-state index contributed by atoms with van der Waals surface area (Å²) in [7, 11) is 0. The fraction of sp³-hybridized carbons (Fsp3) is 0.125. The topological polar surface area (TPSA) is 59.1 Å². The number of aromatic nitrogens is 1. The molecule has 3 N–H and O–H groups in total. The van der Waals surface area contributed by atoms with E-state index in [1.807, 2.05) is 11.4 Å². The van der Waals surface area contributed by atoms with Crippen LogP contribution in [0.3, 0.4) is 0 Å². The van der Waals surface area contributed by atoms with E-state index >= 15 is 0 Å². The number of thiophene rings is 1. The highest BCUT2D eigenvalue weighted by Gasteiger charge is 2.17. The van der Waals surface area contributed by atoms with Gasteiger partial charge in [0, 0.05) is 10.7 Å². The van der Waals surface area contributed by atoms with Gasteiger partial charge in [0.2, 0.25) is 0 Å². The lowest BCUT2D eigenvalue weighted by atomic mass is 10.2. The van der Waals surface area contributed by atoms with Crippen LogP contribution in [0.15, 0.2) is 22.1 Å². The van der Waals surface area contributed by atoms with Gasteiger partial charge in [-0.25, -0.2) is 4.98 Å². The van der Waals surface area contributed by atoms with Crippen LogP contribution in [0.2, 0.25) is 0 Å². The number of anilines is 1. The van der Waals surface area contributed by atoms with Crippen LogP contribution in [0.5, 0.6) is 0 Å². The Kier molecular flexibility index (Phi) is 2.87. The zero-order chi connectivity index (χ0) is 10.1. The van der Waals surface area contributed by atoms with Crippen LogP contribution in [-0.2, 0) is 0 Å². The van der Waals surface area contributed by atoms with Crippen LogP contribution in [0.1, 0.15) is 15.9 Å². The summed E-state index contributed by atoms with van der Waals surface area (Å²) >= 11 is 6.18. The molecule has 0 aliphatic rings. The van der Waals surface area contributed by atoms with Gasteiger partial charge in [-0.3, -0.25) is 0 Å². The molecule has 2 heterocycles. The van der Waals surface area contributed by atoms with E-state index in [4.69, 9.17) is 5.73 Å². The molecule has 1 atom stereocenters. The van der Waals surface area contributed by atoms with E-state index in [1.54, 1.807) is 6.20 Å². The summed E-state index contributed by atoms with van der Waals surface area (Å²) < 4.78 is 0.918. The Balaban J connectivity index is 2.33. The van der Waals surface area contributed by atoms with Gasteiger partial charge in [0.25, 0.3) is 0 Å². The summed E-state index contributed by atoms with van der Waals surface area (Å²) in [5.74, 6) is 0. The van der Waals surface area contributed by atoms with Crippen molar-refractivity contribution in [1.82, 2.24) is 4.98 Å². The zero-order valence-corrected chi connectivity index (χ0v) is 10.2. The fourth-order valence-electron chi connectivity index (χ4n) is 1.06. The second-order valence-electron chi connectivity index (χ2n) is 2.64. The van der Waals surface area contributed by atoms with Crippen LogP contribution in [0.4, 0.5) is 5.13 Å². The molecule has 3 nitrogen and oxygen atoms in total. The van der Waals surface area contributed by atoms with E-state index in [0.717, 1.165) is 14.2 Å². The third-order valence-electron chi connectivity index (χ3n) is 1.70. The Bertz CT molecular complexity index is 440. The number of halogens is 1. The molecule has 1 unspecified atom stereocenters. The van der Waals surface area contributed by atoms with Gasteiger partial charge in [-0.1, -0.05) is 11.3 Å². The first kappa shape index (κ1) is 10.1. The van der Waals surface area contributed by atoms with Gasteiger partial charge in [0.1, 0.15) is 6.10 Å². The third-order valence-corrected chi connectivity index (χ3v) is 4.51. The van der Waals surface area contributed by atoms with Crippen molar-refractivity contribution in [3.8, 4) is 0 Å². The maximum atomic E-state index is 9.97. The lowest BCUT2D eigenvalue weighted by Crippen LogP contribution is -1.94. The molecule has 0 amide bonds. The Morgan fingerprint density at radius 1 is 1.57 bits per heavy atom. The number of nitrogens with zero attached hydrogens (tertiary/aromatic N) is 1. The highest BCUT2D eigenvalue weighted by atomic mass is 79.9. The monoisotopic (exact) mass is 290 g/mol. The molecule has 2 aromatic heterocycles. The molecule has 0 spiro atoms. The number of aliphatic hydroxyl groups is 1. The molecule has 0 radical (unpaired) electrons. The van der Waals surface area contributed by atoms with Crippen molar-refractivity contribution in [1.29, 1.82) is 0 Å². The highest BCUT2D eigenvalue weighted by Crippen LogP contribution is 2.35. The lowest BCUT2D eigenvalue weighted by Gasteiger charge is -2.05. The van der Waals surface area contributed by atoms with Crippen LogP contribution < -0.4 is 5.73 Å². The number of hydrogen-bond acceptors (Lipinski definition) is 5. The van der Waals surface area contributed by atoms with Crippen molar-refractivity contribution in [2.45, 2.75) is 6.10 Å². The summed E-state index contributed by atoms with van der Waals surface area (Å²) in [4.78, 5) is 5.55. The molecule has 14 heavy (non-hydrogen) atoms. The molecule has 2 aromatic rings. The van der Waals surface area contributed by atoms with Crippen LogP contribution >= 0.6 is 38.6 Å². The van der Waals surface area contributed by atoms with Crippen molar-refractivity contribution in [2.75, 3.05) is 5.73 Å². The average Bonchev–Trinajstić information content (AvgIpc) is 2.73. The number of rotatable bonds is 2. The summed E-state index contributed by atoms with van der Waals surface area (Å²) in [5.41, 5.74) is 5.50. The quantitative estimate of drug-likeness (QED) is 0.894. The summed E-state index contributed by atoms with van der Waals surface area (Å²) in [6.07, 6.45) is 0.982. The molecule has 0 saturated heterocycles. The maximum Gasteiger partial charge on any atom is 0.180 e. The van der Waals surface area contributed by atoms with Gasteiger partial charge >= 0.3 is 0 Å². The molecule has 0 aromatic carbocycles. The molecular formula is C8H7BrN2OS2. The standard InChI is InChI=1S/C8H7BrN2OS2/c9-4-1-2-13-7(4)6(12)5-3-11-8(10)14-5/h1-3,6,12H,(H2,10,11). The van der Waals surface area contributed by atoms with Gasteiger partial charge in [-0.2, -0.15) is 0 Å². The van der Waals surface area contributed by atoms with Gasteiger partial charge in [-0.15, -0.1) is 11.3 Å². The van der Waals surface area contributed by atoms with Crippen molar-refractivity contribution < 1.29 is 5.11 Å². The minimum absolute atomic E-state index is 0.478. The normalized spacial score (nSPS) is 13.0. The Hall–Kier alpha value is -0.430. The Morgan fingerprint density at radius 2 is 2.36 bits per heavy atom. The average molecular weight is 291 g/mol. The first-order valence-electron chi connectivity index (χ1n) is 3.80. The highest BCUT2D eigenvalue weighted by molar-refractivity contribution is 9.10. The third kappa shape index (κ3) is 1.83. The molecule has 0 saturated carbocycles. The zero-order valence-electron chi connectivity index (χ0n) is 6.98. The van der Waals surface area contributed by atoms with Gasteiger partial charge in [-0.05, 0) is 27.4 Å². The van der Waals surface area contributed by atoms with Crippen LogP contribution in [0, 0.1) is 0 Å². The van der Waals surface area contributed by atoms with Gasteiger partial charge in [0.15, 0.2) is 5.13 Å². The molecule has 6 heteroatoms. The Labute approximate surface area is 97.4 Å². The lowest BCUT2D eigenvalue weighted by molar-refractivity contribution is 0.227. The second-order valence-corrected chi connectivity index (χ2v) is 5.53. The van der Waals surface area contributed by atoms with Crippen LogP contribution in [0.25, 0.3) is 0 Å². The number of nitrogens with two attached hydrogens (primary N) is 1. The summed E-state index contributed by atoms with van der Waals surface area (Å²) in [6, 6.07) is 1.91. The summed E-state index contributed by atoms with van der Waals surface area (Å²) in [6.45, 7) is 0. The minimum Gasteiger partial charge on any atom is -0.382 e. The van der Waals surface area contributed by atoms with Gasteiger partial charge in [0.05, 0.1) is 9.75 Å². The molecule has 2 rings (SSSR count). The molecule has 0 aliphatic heterocycles. The maximum absolute atomic E-state index is 9.97. The van der Waals surface area contributed by atoms with E-state index in [1.165, 1.54) is 22.7 Å².